The van der Waals surface area contributed by atoms with Crippen molar-refractivity contribution in [1.29, 1.82) is 0 Å². The van der Waals surface area contributed by atoms with Crippen molar-refractivity contribution >= 4 is 22.8 Å². The first kappa shape index (κ1) is 17.5. The fraction of sp³-hybridized carbons (Fsp3) is 0.526. The first-order chi connectivity index (χ1) is 12.1. The molecular weight excluding hydrogens is 316 g/mol. The molecule has 1 N–H and O–H groups in total. The molecule has 6 heteroatoms. The Morgan fingerprint density at radius 3 is 2.88 bits per heavy atom. The molecule has 2 heterocycles. The molecule has 1 aliphatic rings. The molecule has 6 nitrogen and oxygen atoms in total. The molecule has 2 amide bonds. The molecule has 2 aromatic rings. The zero-order chi connectivity index (χ0) is 17.8. The Morgan fingerprint density at radius 1 is 1.32 bits per heavy atom. The quantitative estimate of drug-likeness (QED) is 0.903. The summed E-state index contributed by atoms with van der Waals surface area (Å²) in [5.41, 5.74) is 2.13. The predicted molar refractivity (Wildman–Crippen MR) is 97.1 cm³/mol. The minimum Gasteiger partial charge on any atom is -0.355 e. The lowest BCUT2D eigenvalue weighted by Gasteiger charge is -2.31. The van der Waals surface area contributed by atoms with E-state index in [2.05, 4.69) is 27.9 Å². The summed E-state index contributed by atoms with van der Waals surface area (Å²) in [7, 11) is 0. The summed E-state index contributed by atoms with van der Waals surface area (Å²) in [6.45, 7) is 6.40. The number of hydrogen-bond donors (Lipinski definition) is 1. The highest BCUT2D eigenvalue weighted by Gasteiger charge is 2.26. The predicted octanol–water partition coefficient (Wildman–Crippen LogP) is 1.97. The largest absolute Gasteiger partial charge is 0.355 e. The third-order valence-corrected chi connectivity index (χ3v) is 4.94. The van der Waals surface area contributed by atoms with Crippen LogP contribution in [-0.2, 0) is 22.6 Å². The van der Waals surface area contributed by atoms with Gasteiger partial charge in [-0.25, -0.2) is 4.98 Å². The molecule has 0 radical (unpaired) electrons. The SMILES string of the molecule is CCn1c(CCNC(=O)C2CCCN(C(C)=O)C2)nc2ccccc21. The van der Waals surface area contributed by atoms with E-state index in [1.54, 1.807) is 11.8 Å². The standard InChI is InChI=1S/C19H26N4O2/c1-3-23-17-9-5-4-8-16(17)21-18(23)10-11-20-19(25)15-7-6-12-22(13-15)14(2)24/h4-5,8-9,15H,3,6-7,10-13H2,1-2H3,(H,20,25). The van der Waals surface area contributed by atoms with Crippen molar-refractivity contribution in [2.24, 2.45) is 5.92 Å². The van der Waals surface area contributed by atoms with Crippen LogP contribution in [0.15, 0.2) is 24.3 Å². The number of carbonyl (C=O) groups is 2. The molecule has 1 aliphatic heterocycles. The normalized spacial score (nSPS) is 17.7. The van der Waals surface area contributed by atoms with Crippen LogP contribution in [0.3, 0.4) is 0 Å². The minimum atomic E-state index is -0.0948. The van der Waals surface area contributed by atoms with Gasteiger partial charge in [0, 0.05) is 39.5 Å². The van der Waals surface area contributed by atoms with Crippen molar-refractivity contribution in [2.45, 2.75) is 39.7 Å². The first-order valence-electron chi connectivity index (χ1n) is 9.07. The van der Waals surface area contributed by atoms with Gasteiger partial charge in [0.25, 0.3) is 0 Å². The maximum Gasteiger partial charge on any atom is 0.224 e. The van der Waals surface area contributed by atoms with Crippen LogP contribution in [0, 0.1) is 5.92 Å². The number of imidazole rings is 1. The van der Waals surface area contributed by atoms with E-state index in [-0.39, 0.29) is 17.7 Å². The van der Waals surface area contributed by atoms with Crippen molar-refractivity contribution in [2.75, 3.05) is 19.6 Å². The summed E-state index contributed by atoms with van der Waals surface area (Å²) in [6, 6.07) is 8.10. The van der Waals surface area contributed by atoms with E-state index >= 15 is 0 Å². The van der Waals surface area contributed by atoms with Gasteiger partial charge in [0.05, 0.1) is 17.0 Å². The summed E-state index contributed by atoms with van der Waals surface area (Å²) >= 11 is 0. The number of nitrogens with one attached hydrogen (secondary N) is 1. The fourth-order valence-electron chi connectivity index (χ4n) is 3.59. The molecule has 25 heavy (non-hydrogen) atoms. The molecule has 1 fully saturated rings. The Labute approximate surface area is 148 Å². The van der Waals surface area contributed by atoms with Crippen molar-refractivity contribution in [1.82, 2.24) is 19.8 Å². The molecule has 1 aromatic heterocycles. The highest BCUT2D eigenvalue weighted by molar-refractivity contribution is 5.80. The zero-order valence-electron chi connectivity index (χ0n) is 15.0. The van der Waals surface area contributed by atoms with Crippen LogP contribution in [0.2, 0.25) is 0 Å². The number of carbonyl (C=O) groups excluding carboxylic acids is 2. The number of piperidine rings is 1. The van der Waals surface area contributed by atoms with Crippen molar-refractivity contribution in [3.63, 3.8) is 0 Å². The molecular formula is C19H26N4O2. The molecule has 0 aliphatic carbocycles. The van der Waals surface area contributed by atoms with Gasteiger partial charge in [0.15, 0.2) is 0 Å². The lowest BCUT2D eigenvalue weighted by atomic mass is 9.97. The number of hydrogen-bond acceptors (Lipinski definition) is 3. The molecule has 1 unspecified atom stereocenters. The summed E-state index contributed by atoms with van der Waals surface area (Å²) < 4.78 is 2.19. The third-order valence-electron chi connectivity index (χ3n) is 4.94. The summed E-state index contributed by atoms with van der Waals surface area (Å²) in [5.74, 6) is 1.000. The average molecular weight is 342 g/mol. The second-order valence-corrected chi connectivity index (χ2v) is 6.61. The van der Waals surface area contributed by atoms with E-state index in [0.717, 1.165) is 42.8 Å². The Kier molecular flexibility index (Phi) is 5.36. The molecule has 1 saturated heterocycles. The Balaban J connectivity index is 1.57. The summed E-state index contributed by atoms with van der Waals surface area (Å²) in [4.78, 5) is 30.4. The second-order valence-electron chi connectivity index (χ2n) is 6.61. The molecule has 1 atom stereocenters. The Hall–Kier alpha value is -2.37. The van der Waals surface area contributed by atoms with Crippen LogP contribution < -0.4 is 5.32 Å². The summed E-state index contributed by atoms with van der Waals surface area (Å²) in [5, 5.41) is 3.03. The highest BCUT2D eigenvalue weighted by Crippen LogP contribution is 2.18. The van der Waals surface area contributed by atoms with Gasteiger partial charge in [0.2, 0.25) is 11.8 Å². The van der Waals surface area contributed by atoms with Gasteiger partial charge in [-0.15, -0.1) is 0 Å². The number of amides is 2. The van der Waals surface area contributed by atoms with Gasteiger partial charge >= 0.3 is 0 Å². The zero-order valence-corrected chi connectivity index (χ0v) is 15.0. The van der Waals surface area contributed by atoms with Gasteiger partial charge in [-0.3, -0.25) is 9.59 Å². The van der Waals surface area contributed by atoms with Crippen LogP contribution >= 0.6 is 0 Å². The van der Waals surface area contributed by atoms with Crippen molar-refractivity contribution < 1.29 is 9.59 Å². The third kappa shape index (κ3) is 3.83. The highest BCUT2D eigenvalue weighted by atomic mass is 16.2. The van der Waals surface area contributed by atoms with E-state index in [4.69, 9.17) is 0 Å². The monoisotopic (exact) mass is 342 g/mol. The molecule has 1 aromatic carbocycles. The van der Waals surface area contributed by atoms with E-state index < -0.39 is 0 Å². The van der Waals surface area contributed by atoms with Crippen LogP contribution in [0.25, 0.3) is 11.0 Å². The molecule has 134 valence electrons. The smallest absolute Gasteiger partial charge is 0.224 e. The second kappa shape index (κ2) is 7.68. The number of fused-ring (bicyclic) bond motifs is 1. The number of para-hydroxylation sites is 2. The number of likely N-dealkylation sites (tertiary alicyclic amines) is 1. The summed E-state index contributed by atoms with van der Waals surface area (Å²) in [6.07, 6.45) is 2.45. The van der Waals surface area contributed by atoms with Crippen molar-refractivity contribution in [3.05, 3.63) is 30.1 Å². The number of benzene rings is 1. The van der Waals surface area contributed by atoms with Gasteiger partial charge < -0.3 is 14.8 Å². The molecule has 0 spiro atoms. The van der Waals surface area contributed by atoms with Crippen LogP contribution in [0.5, 0.6) is 0 Å². The van der Waals surface area contributed by atoms with Gasteiger partial charge in [-0.05, 0) is 31.9 Å². The van der Waals surface area contributed by atoms with E-state index in [1.165, 1.54) is 0 Å². The van der Waals surface area contributed by atoms with Crippen molar-refractivity contribution in [3.8, 4) is 0 Å². The lowest BCUT2D eigenvalue weighted by Crippen LogP contribution is -2.45. The van der Waals surface area contributed by atoms with Crippen LogP contribution in [0.4, 0.5) is 0 Å². The number of aryl methyl sites for hydroxylation is 1. The number of aromatic nitrogens is 2. The maximum absolute atomic E-state index is 12.4. The van der Waals surface area contributed by atoms with Crippen LogP contribution in [0.1, 0.15) is 32.5 Å². The fourth-order valence-corrected chi connectivity index (χ4v) is 3.59. The van der Waals surface area contributed by atoms with Gasteiger partial charge in [0.1, 0.15) is 5.82 Å². The maximum atomic E-state index is 12.4. The van der Waals surface area contributed by atoms with E-state index in [0.29, 0.717) is 19.5 Å². The van der Waals surface area contributed by atoms with E-state index in [9.17, 15) is 9.59 Å². The first-order valence-corrected chi connectivity index (χ1v) is 9.07. The molecule has 0 saturated carbocycles. The van der Waals surface area contributed by atoms with Gasteiger partial charge in [-0.2, -0.15) is 0 Å². The van der Waals surface area contributed by atoms with E-state index in [1.807, 2.05) is 18.2 Å². The number of nitrogens with zero attached hydrogens (tertiary/aromatic N) is 3. The number of rotatable bonds is 5. The molecule has 0 bridgehead atoms. The minimum absolute atomic E-state index is 0.0464. The Bertz CT molecular complexity index is 768. The average Bonchev–Trinajstić information content (AvgIpc) is 2.99. The topological polar surface area (TPSA) is 67.2 Å². The van der Waals surface area contributed by atoms with Crippen LogP contribution in [-0.4, -0.2) is 45.9 Å². The van der Waals surface area contributed by atoms with Gasteiger partial charge in [-0.1, -0.05) is 12.1 Å². The Morgan fingerprint density at radius 2 is 2.12 bits per heavy atom. The molecule has 3 rings (SSSR count). The lowest BCUT2D eigenvalue weighted by molar-refractivity contribution is -0.133.